The third-order valence-corrected chi connectivity index (χ3v) is 5.67. The molecule has 0 aliphatic carbocycles. The topological polar surface area (TPSA) is 42.0 Å². The Balaban J connectivity index is 1.82. The lowest BCUT2D eigenvalue weighted by atomic mass is 9.82. The van der Waals surface area contributed by atoms with Crippen molar-refractivity contribution < 1.29 is 4.79 Å². The van der Waals surface area contributed by atoms with Gasteiger partial charge in [0, 0.05) is 22.5 Å². The second-order valence-electron chi connectivity index (χ2n) is 6.55. The van der Waals surface area contributed by atoms with Crippen LogP contribution in [0.3, 0.4) is 0 Å². The van der Waals surface area contributed by atoms with Crippen molar-refractivity contribution in [3.8, 4) is 0 Å². The normalized spacial score (nSPS) is 13.0. The fraction of sp³-hybridized carbons (Fsp3) is 0.182. The zero-order chi connectivity index (χ0) is 20.1. The first-order chi connectivity index (χ1) is 13.4. The van der Waals surface area contributed by atoms with Gasteiger partial charge in [-0.2, -0.15) is 0 Å². The van der Waals surface area contributed by atoms with Gasteiger partial charge in [-0.25, -0.2) is 4.98 Å². The number of nitrogens with zero attached hydrogens (tertiary/aromatic N) is 1. The second-order valence-corrected chi connectivity index (χ2v) is 8.24. The van der Waals surface area contributed by atoms with Gasteiger partial charge >= 0.3 is 0 Å². The van der Waals surface area contributed by atoms with Crippen molar-refractivity contribution in [3.05, 3.63) is 98.2 Å². The minimum absolute atomic E-state index is 0.0644. The summed E-state index contributed by atoms with van der Waals surface area (Å²) >= 11 is 15.4. The van der Waals surface area contributed by atoms with Gasteiger partial charge in [-0.15, -0.1) is 0 Å². The number of carbonyl (C=O) groups excluding carboxylic acids is 1. The molecule has 1 N–H and O–H groups in total. The van der Waals surface area contributed by atoms with Gasteiger partial charge in [0.05, 0.1) is 0 Å². The molecule has 0 fully saturated rings. The zero-order valence-corrected chi connectivity index (χ0v) is 18.3. The van der Waals surface area contributed by atoms with E-state index in [1.54, 1.807) is 18.2 Å². The summed E-state index contributed by atoms with van der Waals surface area (Å²) in [4.78, 5) is 16.8. The van der Waals surface area contributed by atoms with E-state index in [4.69, 9.17) is 23.2 Å². The number of nitrogens with one attached hydrogen (secondary N) is 1. The molecule has 0 saturated heterocycles. The SMILES string of the molecule is CC(c1ccc(Cl)cc1)C(CNC(=O)c1cccc(Br)n1)c1ccc(Cl)cc1. The molecule has 28 heavy (non-hydrogen) atoms. The van der Waals surface area contributed by atoms with Crippen LogP contribution in [-0.4, -0.2) is 17.4 Å². The Morgan fingerprint density at radius 3 is 2.11 bits per heavy atom. The number of pyridine rings is 1. The Morgan fingerprint density at radius 1 is 0.964 bits per heavy atom. The number of carbonyl (C=O) groups is 1. The number of aromatic nitrogens is 1. The van der Waals surface area contributed by atoms with Crippen LogP contribution in [0.25, 0.3) is 0 Å². The highest BCUT2D eigenvalue weighted by Crippen LogP contribution is 2.33. The van der Waals surface area contributed by atoms with Crippen LogP contribution in [-0.2, 0) is 0 Å². The molecule has 3 rings (SSSR count). The van der Waals surface area contributed by atoms with Crippen LogP contribution in [0.4, 0.5) is 0 Å². The zero-order valence-electron chi connectivity index (χ0n) is 15.2. The molecule has 2 aromatic carbocycles. The van der Waals surface area contributed by atoms with E-state index in [2.05, 4.69) is 33.2 Å². The molecule has 2 unspecified atom stereocenters. The van der Waals surface area contributed by atoms with Crippen molar-refractivity contribution in [3.63, 3.8) is 0 Å². The second kappa shape index (κ2) is 9.55. The van der Waals surface area contributed by atoms with Crippen molar-refractivity contribution >= 4 is 45.0 Å². The van der Waals surface area contributed by atoms with Gasteiger partial charge in [-0.1, -0.05) is 60.5 Å². The minimum atomic E-state index is -0.205. The van der Waals surface area contributed by atoms with Gasteiger partial charge in [0.25, 0.3) is 5.91 Å². The third kappa shape index (κ3) is 5.34. The summed E-state index contributed by atoms with van der Waals surface area (Å²) in [6.45, 7) is 2.62. The molecule has 0 bridgehead atoms. The maximum absolute atomic E-state index is 12.6. The third-order valence-electron chi connectivity index (χ3n) is 4.73. The van der Waals surface area contributed by atoms with E-state index < -0.39 is 0 Å². The lowest BCUT2D eigenvalue weighted by Gasteiger charge is -2.25. The van der Waals surface area contributed by atoms with Gasteiger partial charge in [0.1, 0.15) is 10.3 Å². The number of hydrogen-bond donors (Lipinski definition) is 1. The number of halogens is 3. The molecule has 0 aliphatic rings. The van der Waals surface area contributed by atoms with Crippen LogP contribution in [0, 0.1) is 0 Å². The summed E-state index contributed by atoms with van der Waals surface area (Å²) < 4.78 is 0.629. The number of amides is 1. The van der Waals surface area contributed by atoms with Crippen LogP contribution < -0.4 is 5.32 Å². The first-order valence-electron chi connectivity index (χ1n) is 8.85. The lowest BCUT2D eigenvalue weighted by molar-refractivity contribution is 0.0945. The average Bonchev–Trinajstić information content (AvgIpc) is 2.69. The molecule has 6 heteroatoms. The Morgan fingerprint density at radius 2 is 1.54 bits per heavy atom. The summed E-state index contributed by atoms with van der Waals surface area (Å²) in [7, 11) is 0. The van der Waals surface area contributed by atoms with Crippen molar-refractivity contribution in [2.24, 2.45) is 0 Å². The van der Waals surface area contributed by atoms with E-state index in [-0.39, 0.29) is 17.7 Å². The molecular weight excluding hydrogens is 459 g/mol. The van der Waals surface area contributed by atoms with Crippen molar-refractivity contribution in [1.82, 2.24) is 10.3 Å². The lowest BCUT2D eigenvalue weighted by Crippen LogP contribution is -2.31. The molecule has 1 amide bonds. The van der Waals surface area contributed by atoms with Crippen LogP contribution in [0.15, 0.2) is 71.3 Å². The smallest absolute Gasteiger partial charge is 0.269 e. The fourth-order valence-corrected chi connectivity index (χ4v) is 3.72. The Labute approximate surface area is 183 Å². The first kappa shape index (κ1) is 20.8. The number of rotatable bonds is 6. The largest absolute Gasteiger partial charge is 0.350 e. The van der Waals surface area contributed by atoms with E-state index in [1.165, 1.54) is 0 Å². The highest BCUT2D eigenvalue weighted by atomic mass is 79.9. The Hall–Kier alpha value is -1.88. The van der Waals surface area contributed by atoms with E-state index >= 15 is 0 Å². The molecule has 3 nitrogen and oxygen atoms in total. The predicted octanol–water partition coefficient (Wildman–Crippen LogP) is 6.47. The molecule has 0 spiro atoms. The quantitative estimate of drug-likeness (QED) is 0.413. The molecule has 144 valence electrons. The fourth-order valence-electron chi connectivity index (χ4n) is 3.12. The summed E-state index contributed by atoms with van der Waals surface area (Å²) in [5.74, 6) is 0.0207. The van der Waals surface area contributed by atoms with Gasteiger partial charge in [0.2, 0.25) is 0 Å². The van der Waals surface area contributed by atoms with Crippen LogP contribution >= 0.6 is 39.1 Å². The van der Waals surface area contributed by atoms with Crippen molar-refractivity contribution in [1.29, 1.82) is 0 Å². The van der Waals surface area contributed by atoms with E-state index in [1.807, 2.05) is 48.5 Å². The summed E-state index contributed by atoms with van der Waals surface area (Å²) in [6.07, 6.45) is 0. The molecule has 0 aliphatic heterocycles. The maximum Gasteiger partial charge on any atom is 0.269 e. The van der Waals surface area contributed by atoms with E-state index in [9.17, 15) is 4.79 Å². The molecule has 3 aromatic rings. The highest BCUT2D eigenvalue weighted by molar-refractivity contribution is 9.10. The van der Waals surface area contributed by atoms with Gasteiger partial charge in [-0.3, -0.25) is 4.79 Å². The summed E-state index contributed by atoms with van der Waals surface area (Å²) in [5, 5.41) is 4.41. The Kier molecular flexibility index (Phi) is 7.11. The van der Waals surface area contributed by atoms with Crippen molar-refractivity contribution in [2.45, 2.75) is 18.8 Å². The number of hydrogen-bond acceptors (Lipinski definition) is 2. The standard InChI is InChI=1S/C22H19BrCl2N2O/c1-14(15-5-9-17(24)10-6-15)19(16-7-11-18(25)12-8-16)13-26-22(28)20-3-2-4-21(23)27-20/h2-12,14,19H,13H2,1H3,(H,26,28). The molecule has 1 aromatic heterocycles. The van der Waals surface area contributed by atoms with Gasteiger partial charge < -0.3 is 5.32 Å². The number of benzene rings is 2. The summed E-state index contributed by atoms with van der Waals surface area (Å²) in [5.41, 5.74) is 2.64. The minimum Gasteiger partial charge on any atom is -0.350 e. The molecule has 0 saturated carbocycles. The predicted molar refractivity (Wildman–Crippen MR) is 118 cm³/mol. The van der Waals surface area contributed by atoms with Crippen molar-refractivity contribution in [2.75, 3.05) is 6.54 Å². The van der Waals surface area contributed by atoms with Crippen LogP contribution in [0.2, 0.25) is 10.0 Å². The van der Waals surface area contributed by atoms with Crippen LogP contribution in [0.5, 0.6) is 0 Å². The maximum atomic E-state index is 12.6. The Bertz CT molecular complexity index is 946. The van der Waals surface area contributed by atoms with Crippen LogP contribution in [0.1, 0.15) is 40.4 Å². The van der Waals surface area contributed by atoms with E-state index in [0.717, 1.165) is 11.1 Å². The van der Waals surface area contributed by atoms with Gasteiger partial charge in [0.15, 0.2) is 0 Å². The molecule has 1 heterocycles. The molecular formula is C22H19BrCl2N2O. The monoisotopic (exact) mass is 476 g/mol. The first-order valence-corrected chi connectivity index (χ1v) is 10.4. The summed E-state index contributed by atoms with van der Waals surface area (Å²) in [6, 6.07) is 20.8. The molecule has 2 atom stereocenters. The highest BCUT2D eigenvalue weighted by Gasteiger charge is 2.22. The van der Waals surface area contributed by atoms with Gasteiger partial charge in [-0.05, 0) is 69.4 Å². The average molecular weight is 478 g/mol. The molecule has 0 radical (unpaired) electrons. The van der Waals surface area contributed by atoms with E-state index in [0.29, 0.717) is 26.9 Å².